The molecule has 0 heterocycles. The van der Waals surface area contributed by atoms with Crippen molar-refractivity contribution >= 4 is 45.0 Å². The van der Waals surface area contributed by atoms with Crippen molar-refractivity contribution in [1.29, 1.82) is 0 Å². The fourth-order valence-corrected chi connectivity index (χ4v) is 5.69. The van der Waals surface area contributed by atoms with E-state index in [-0.39, 0.29) is 17.3 Å². The maximum Gasteiger partial charge on any atom is 0.264 e. The van der Waals surface area contributed by atoms with Gasteiger partial charge in [0.2, 0.25) is 5.91 Å². The summed E-state index contributed by atoms with van der Waals surface area (Å²) in [4.78, 5) is 12.8. The number of nitrogens with zero attached hydrogens (tertiary/aromatic N) is 1. The smallest absolute Gasteiger partial charge is 0.264 e. The van der Waals surface area contributed by atoms with Gasteiger partial charge in [-0.3, -0.25) is 9.10 Å². The van der Waals surface area contributed by atoms with Gasteiger partial charge in [-0.15, -0.1) is 0 Å². The van der Waals surface area contributed by atoms with Gasteiger partial charge in [0, 0.05) is 17.3 Å². The van der Waals surface area contributed by atoms with Crippen molar-refractivity contribution in [2.75, 3.05) is 23.1 Å². The van der Waals surface area contributed by atoms with Gasteiger partial charge >= 0.3 is 0 Å². The zero-order valence-corrected chi connectivity index (χ0v) is 21.7. The largest absolute Gasteiger partial charge is 0.354 e. The first-order valence-corrected chi connectivity index (χ1v) is 14.0. The third kappa shape index (κ3) is 7.52. The van der Waals surface area contributed by atoms with Gasteiger partial charge in [-0.05, 0) is 68.0 Å². The second-order valence-corrected chi connectivity index (χ2v) is 11.4. The molecular formula is C26H29ClN2O3S2. The number of benzene rings is 3. The van der Waals surface area contributed by atoms with Crippen LogP contribution in [0.15, 0.2) is 77.7 Å². The summed E-state index contributed by atoms with van der Waals surface area (Å²) in [6.45, 7) is 4.13. The molecule has 0 fully saturated rings. The highest BCUT2D eigenvalue weighted by Gasteiger charge is 2.27. The number of nitrogens with one attached hydrogen (secondary N) is 1. The lowest BCUT2D eigenvalue weighted by Gasteiger charge is -2.24. The summed E-state index contributed by atoms with van der Waals surface area (Å²) >= 11 is 7.79. The van der Waals surface area contributed by atoms with Gasteiger partial charge in [0.25, 0.3) is 10.0 Å². The number of hydrogen-bond acceptors (Lipinski definition) is 4. The number of sulfonamides is 1. The van der Waals surface area contributed by atoms with Crippen LogP contribution in [-0.2, 0) is 20.6 Å². The normalized spacial score (nSPS) is 11.3. The highest BCUT2D eigenvalue weighted by molar-refractivity contribution is 7.98. The minimum absolute atomic E-state index is 0.133. The second kappa shape index (κ2) is 12.3. The lowest BCUT2D eigenvalue weighted by molar-refractivity contribution is -0.119. The lowest BCUT2D eigenvalue weighted by atomic mass is 10.2. The number of anilines is 1. The van der Waals surface area contributed by atoms with Crippen LogP contribution in [0.25, 0.3) is 0 Å². The molecule has 3 rings (SSSR count). The average Bonchev–Trinajstić information content (AvgIpc) is 2.82. The Bertz CT molecular complexity index is 1180. The van der Waals surface area contributed by atoms with Gasteiger partial charge in [0.1, 0.15) is 6.54 Å². The van der Waals surface area contributed by atoms with Gasteiger partial charge < -0.3 is 5.32 Å². The van der Waals surface area contributed by atoms with E-state index in [0.29, 0.717) is 17.3 Å². The molecule has 0 aliphatic heterocycles. The molecule has 34 heavy (non-hydrogen) atoms. The number of aryl methyl sites for hydroxylation is 2. The van der Waals surface area contributed by atoms with E-state index in [4.69, 9.17) is 11.6 Å². The molecule has 1 N–H and O–H groups in total. The number of carbonyl (C=O) groups excluding carboxylic acids is 1. The van der Waals surface area contributed by atoms with Crippen LogP contribution in [-0.4, -0.2) is 33.2 Å². The molecule has 0 aromatic heterocycles. The van der Waals surface area contributed by atoms with Gasteiger partial charge in [0.05, 0.1) is 10.6 Å². The van der Waals surface area contributed by atoms with Gasteiger partial charge in [-0.2, -0.15) is 11.8 Å². The molecule has 5 nitrogen and oxygen atoms in total. The molecule has 0 saturated heterocycles. The Morgan fingerprint density at radius 3 is 2.12 bits per heavy atom. The average molecular weight is 517 g/mol. The van der Waals surface area contributed by atoms with Crippen LogP contribution >= 0.6 is 23.4 Å². The van der Waals surface area contributed by atoms with Crippen molar-refractivity contribution in [3.63, 3.8) is 0 Å². The third-order valence-electron chi connectivity index (χ3n) is 5.19. The summed E-state index contributed by atoms with van der Waals surface area (Å²) in [5.74, 6) is 1.47. The highest BCUT2D eigenvalue weighted by atomic mass is 35.5. The molecule has 3 aromatic carbocycles. The summed E-state index contributed by atoms with van der Waals surface area (Å²) < 4.78 is 27.8. The van der Waals surface area contributed by atoms with E-state index in [0.717, 1.165) is 27.8 Å². The first-order valence-electron chi connectivity index (χ1n) is 11.0. The topological polar surface area (TPSA) is 66.5 Å². The molecule has 8 heteroatoms. The summed E-state index contributed by atoms with van der Waals surface area (Å²) in [5.41, 5.74) is 3.86. The highest BCUT2D eigenvalue weighted by Crippen LogP contribution is 2.25. The van der Waals surface area contributed by atoms with Crippen molar-refractivity contribution in [1.82, 2.24) is 5.32 Å². The molecule has 0 aliphatic rings. The molecule has 0 aliphatic carbocycles. The Kier molecular flexibility index (Phi) is 9.45. The maximum absolute atomic E-state index is 13.3. The summed E-state index contributed by atoms with van der Waals surface area (Å²) in [6, 6.07) is 21.5. The minimum Gasteiger partial charge on any atom is -0.354 e. The Hall–Kier alpha value is -2.48. The molecule has 3 aromatic rings. The second-order valence-electron chi connectivity index (χ2n) is 8.04. The first kappa shape index (κ1) is 26.1. The molecular weight excluding hydrogens is 488 g/mol. The van der Waals surface area contributed by atoms with Crippen LogP contribution in [0.1, 0.15) is 23.1 Å². The number of amides is 1. The summed E-state index contributed by atoms with van der Waals surface area (Å²) in [7, 11) is -3.93. The zero-order chi connectivity index (χ0) is 24.6. The van der Waals surface area contributed by atoms with Gasteiger partial charge in [0.15, 0.2) is 0 Å². The number of hydrogen-bond donors (Lipinski definition) is 1. The van der Waals surface area contributed by atoms with Crippen LogP contribution in [0.2, 0.25) is 5.02 Å². The Morgan fingerprint density at radius 2 is 1.50 bits per heavy atom. The van der Waals surface area contributed by atoms with Crippen LogP contribution in [0, 0.1) is 13.8 Å². The van der Waals surface area contributed by atoms with Crippen molar-refractivity contribution in [2.24, 2.45) is 0 Å². The van der Waals surface area contributed by atoms with E-state index in [1.807, 2.05) is 18.7 Å². The maximum atomic E-state index is 13.3. The number of halogens is 1. The monoisotopic (exact) mass is 516 g/mol. The van der Waals surface area contributed by atoms with Gasteiger partial charge in [-0.1, -0.05) is 59.1 Å². The minimum atomic E-state index is -3.93. The van der Waals surface area contributed by atoms with Crippen molar-refractivity contribution in [3.05, 3.63) is 94.5 Å². The van der Waals surface area contributed by atoms with E-state index in [1.54, 1.807) is 48.5 Å². The SMILES string of the molecule is Cc1ccc(CSCCCNC(=O)CN(c2ccc(Cl)cc2)S(=O)(=O)c2ccc(C)cc2)cc1. The summed E-state index contributed by atoms with van der Waals surface area (Å²) in [6.07, 6.45) is 0.800. The molecule has 0 saturated carbocycles. The van der Waals surface area contributed by atoms with E-state index >= 15 is 0 Å². The molecule has 1 amide bonds. The van der Waals surface area contributed by atoms with E-state index in [1.165, 1.54) is 11.1 Å². The third-order valence-corrected chi connectivity index (χ3v) is 8.34. The standard InChI is InChI=1S/C26H29ClN2O3S2/c1-20-4-8-22(9-5-20)19-33-17-3-16-28-26(30)18-29(24-12-10-23(27)11-13-24)34(31,32)25-14-6-21(2)7-15-25/h4-15H,3,16-19H2,1-2H3,(H,28,30). The van der Waals surface area contributed by atoms with Gasteiger partial charge in [-0.25, -0.2) is 8.42 Å². The molecule has 180 valence electrons. The predicted molar refractivity (Wildman–Crippen MR) is 142 cm³/mol. The van der Waals surface area contributed by atoms with E-state index in [2.05, 4.69) is 36.5 Å². The summed E-state index contributed by atoms with van der Waals surface area (Å²) in [5, 5.41) is 3.34. The Balaban J connectivity index is 1.57. The predicted octanol–water partition coefficient (Wildman–Crippen LogP) is 5.59. The molecule has 0 bridgehead atoms. The molecule has 0 unspecified atom stereocenters. The number of carbonyl (C=O) groups is 1. The van der Waals surface area contributed by atoms with Crippen LogP contribution in [0.5, 0.6) is 0 Å². The molecule has 0 radical (unpaired) electrons. The molecule has 0 atom stereocenters. The van der Waals surface area contributed by atoms with Crippen LogP contribution in [0.4, 0.5) is 5.69 Å². The number of rotatable bonds is 11. The fraction of sp³-hybridized carbons (Fsp3) is 0.269. The van der Waals surface area contributed by atoms with E-state index < -0.39 is 10.0 Å². The first-order chi connectivity index (χ1) is 16.3. The fourth-order valence-electron chi connectivity index (χ4n) is 3.22. The van der Waals surface area contributed by atoms with Crippen LogP contribution in [0.3, 0.4) is 0 Å². The zero-order valence-electron chi connectivity index (χ0n) is 19.3. The van der Waals surface area contributed by atoms with Crippen molar-refractivity contribution < 1.29 is 13.2 Å². The van der Waals surface area contributed by atoms with Crippen LogP contribution < -0.4 is 9.62 Å². The number of thioether (sulfide) groups is 1. The van der Waals surface area contributed by atoms with Crippen molar-refractivity contribution in [3.8, 4) is 0 Å². The molecule has 0 spiro atoms. The Morgan fingerprint density at radius 1 is 0.912 bits per heavy atom. The Labute approximate surface area is 211 Å². The lowest BCUT2D eigenvalue weighted by Crippen LogP contribution is -2.41. The van der Waals surface area contributed by atoms with E-state index in [9.17, 15) is 13.2 Å². The quantitative estimate of drug-likeness (QED) is 0.337. The van der Waals surface area contributed by atoms with Crippen molar-refractivity contribution in [2.45, 2.75) is 30.9 Å².